The fourth-order valence-corrected chi connectivity index (χ4v) is 2.41. The summed E-state index contributed by atoms with van der Waals surface area (Å²) in [5.74, 6) is 0.684. The Morgan fingerprint density at radius 3 is 2.67 bits per heavy atom. The van der Waals surface area contributed by atoms with Gasteiger partial charge in [-0.05, 0) is 20.8 Å². The maximum Gasteiger partial charge on any atom is 0.233 e. The average Bonchev–Trinajstić information content (AvgIpc) is 2.89. The molecule has 0 N–H and O–H groups in total. The van der Waals surface area contributed by atoms with E-state index in [0.29, 0.717) is 10.9 Å². The quantitative estimate of drug-likeness (QED) is 0.854. The van der Waals surface area contributed by atoms with E-state index in [2.05, 4.69) is 10.1 Å². The van der Waals surface area contributed by atoms with Gasteiger partial charge in [-0.15, -0.1) is 11.3 Å². The lowest BCUT2D eigenvalue weighted by atomic mass is 10.1. The summed E-state index contributed by atoms with van der Waals surface area (Å²) >= 11 is 1.46. The van der Waals surface area contributed by atoms with Crippen LogP contribution >= 0.6 is 11.3 Å². The van der Waals surface area contributed by atoms with Crippen molar-refractivity contribution in [2.75, 3.05) is 11.9 Å². The number of anilines is 1. The van der Waals surface area contributed by atoms with Crippen molar-refractivity contribution in [2.45, 2.75) is 27.2 Å². The van der Waals surface area contributed by atoms with Gasteiger partial charge in [-0.1, -0.05) is 5.16 Å². The highest BCUT2D eigenvalue weighted by Gasteiger charge is 2.18. The summed E-state index contributed by atoms with van der Waals surface area (Å²) in [6.45, 7) is 5.56. The van der Waals surface area contributed by atoms with E-state index in [4.69, 9.17) is 4.52 Å². The lowest BCUT2D eigenvalue weighted by Gasteiger charge is -2.13. The molecule has 0 atom stereocenters. The molecule has 96 valence electrons. The smallest absolute Gasteiger partial charge is 0.233 e. The Morgan fingerprint density at radius 1 is 1.44 bits per heavy atom. The first kappa shape index (κ1) is 12.8. The molecule has 0 aliphatic carbocycles. The topological polar surface area (TPSA) is 59.2 Å². The first-order valence-electron chi connectivity index (χ1n) is 5.59. The van der Waals surface area contributed by atoms with E-state index in [1.54, 1.807) is 11.9 Å². The Hall–Kier alpha value is -1.69. The molecule has 2 aromatic heterocycles. The van der Waals surface area contributed by atoms with Crippen LogP contribution in [0.15, 0.2) is 9.90 Å². The molecule has 0 bridgehead atoms. The molecule has 0 spiro atoms. The highest BCUT2D eigenvalue weighted by molar-refractivity contribution is 7.14. The van der Waals surface area contributed by atoms with E-state index in [1.807, 2.05) is 26.2 Å². The van der Waals surface area contributed by atoms with Gasteiger partial charge in [-0.2, -0.15) is 0 Å². The summed E-state index contributed by atoms with van der Waals surface area (Å²) in [5.41, 5.74) is 2.55. The lowest BCUT2D eigenvalue weighted by molar-refractivity contribution is -0.117. The van der Waals surface area contributed by atoms with Crippen molar-refractivity contribution in [3.8, 4) is 0 Å². The number of hydrogen-bond donors (Lipinski definition) is 0. The van der Waals surface area contributed by atoms with Crippen LogP contribution in [-0.2, 0) is 11.2 Å². The zero-order valence-electron chi connectivity index (χ0n) is 10.9. The summed E-state index contributed by atoms with van der Waals surface area (Å²) in [4.78, 5) is 18.0. The minimum atomic E-state index is -0.0150. The molecule has 0 saturated heterocycles. The van der Waals surface area contributed by atoms with Crippen molar-refractivity contribution < 1.29 is 9.32 Å². The van der Waals surface area contributed by atoms with Gasteiger partial charge in [0.25, 0.3) is 0 Å². The highest BCUT2D eigenvalue weighted by Crippen LogP contribution is 2.20. The Balaban J connectivity index is 2.13. The second-order valence-corrected chi connectivity index (χ2v) is 5.04. The van der Waals surface area contributed by atoms with Crippen LogP contribution in [-0.4, -0.2) is 23.1 Å². The van der Waals surface area contributed by atoms with E-state index in [9.17, 15) is 4.79 Å². The number of hydrogen-bond acceptors (Lipinski definition) is 5. The van der Waals surface area contributed by atoms with Crippen LogP contribution in [0, 0.1) is 20.8 Å². The number of carbonyl (C=O) groups is 1. The molecule has 2 heterocycles. The maximum absolute atomic E-state index is 12.1. The van der Waals surface area contributed by atoms with Crippen LogP contribution in [0.5, 0.6) is 0 Å². The first-order valence-corrected chi connectivity index (χ1v) is 6.47. The number of likely N-dealkylation sites (N-methyl/N-ethyl adjacent to an activating group) is 1. The van der Waals surface area contributed by atoms with Gasteiger partial charge in [0.1, 0.15) is 5.76 Å². The first-order chi connectivity index (χ1) is 8.49. The van der Waals surface area contributed by atoms with Crippen molar-refractivity contribution in [1.82, 2.24) is 10.1 Å². The van der Waals surface area contributed by atoms with Gasteiger partial charge >= 0.3 is 0 Å². The van der Waals surface area contributed by atoms with Crippen molar-refractivity contribution in [1.29, 1.82) is 0 Å². The van der Waals surface area contributed by atoms with E-state index < -0.39 is 0 Å². The van der Waals surface area contributed by atoms with Crippen molar-refractivity contribution in [3.05, 3.63) is 28.1 Å². The SMILES string of the molecule is Cc1csc(N(C)C(=O)Cc2c(C)noc2C)n1. The Kier molecular flexibility index (Phi) is 3.47. The molecular weight excluding hydrogens is 250 g/mol. The number of carbonyl (C=O) groups excluding carboxylic acids is 1. The lowest BCUT2D eigenvalue weighted by Crippen LogP contribution is -2.28. The standard InChI is InChI=1S/C12H15N3O2S/c1-7-6-18-12(13-7)15(4)11(16)5-10-8(2)14-17-9(10)3/h6H,5H2,1-4H3. The molecule has 2 aromatic rings. The van der Waals surface area contributed by atoms with Crippen LogP contribution in [0.3, 0.4) is 0 Å². The Morgan fingerprint density at radius 2 is 2.17 bits per heavy atom. The van der Waals surface area contributed by atoms with E-state index in [-0.39, 0.29) is 12.3 Å². The number of amides is 1. The maximum atomic E-state index is 12.1. The molecule has 0 saturated carbocycles. The zero-order chi connectivity index (χ0) is 13.3. The van der Waals surface area contributed by atoms with Crippen LogP contribution in [0.25, 0.3) is 0 Å². The molecule has 1 amide bonds. The largest absolute Gasteiger partial charge is 0.361 e. The minimum Gasteiger partial charge on any atom is -0.361 e. The predicted molar refractivity (Wildman–Crippen MR) is 69.9 cm³/mol. The van der Waals surface area contributed by atoms with Crippen LogP contribution in [0.4, 0.5) is 5.13 Å². The van der Waals surface area contributed by atoms with E-state index >= 15 is 0 Å². The molecule has 0 radical (unpaired) electrons. The van der Waals surface area contributed by atoms with Crippen molar-refractivity contribution in [2.24, 2.45) is 0 Å². The molecule has 0 aliphatic heterocycles. The summed E-state index contributed by atoms with van der Waals surface area (Å²) in [6, 6.07) is 0. The number of nitrogens with zero attached hydrogens (tertiary/aromatic N) is 3. The van der Waals surface area contributed by atoms with Gasteiger partial charge in [0, 0.05) is 18.0 Å². The second kappa shape index (κ2) is 4.89. The normalized spacial score (nSPS) is 10.7. The van der Waals surface area contributed by atoms with E-state index in [0.717, 1.165) is 17.0 Å². The molecule has 0 unspecified atom stereocenters. The minimum absolute atomic E-state index is 0.0150. The number of rotatable bonds is 3. The van der Waals surface area contributed by atoms with Gasteiger partial charge in [-0.25, -0.2) is 4.98 Å². The number of aromatic nitrogens is 2. The monoisotopic (exact) mass is 265 g/mol. The number of thiazole rings is 1. The van der Waals surface area contributed by atoms with Crippen LogP contribution in [0.1, 0.15) is 22.7 Å². The predicted octanol–water partition coefficient (Wildman–Crippen LogP) is 2.26. The van der Waals surface area contributed by atoms with Gasteiger partial charge in [0.15, 0.2) is 5.13 Å². The summed E-state index contributed by atoms with van der Waals surface area (Å²) in [6.07, 6.45) is 0.288. The Labute approximate surface area is 109 Å². The summed E-state index contributed by atoms with van der Waals surface area (Å²) in [5, 5.41) is 6.48. The van der Waals surface area contributed by atoms with Gasteiger partial charge in [0.2, 0.25) is 5.91 Å². The molecule has 0 aliphatic rings. The van der Waals surface area contributed by atoms with Gasteiger partial charge in [-0.3, -0.25) is 9.69 Å². The highest BCUT2D eigenvalue weighted by atomic mass is 32.1. The second-order valence-electron chi connectivity index (χ2n) is 4.20. The van der Waals surface area contributed by atoms with Gasteiger partial charge < -0.3 is 4.52 Å². The van der Waals surface area contributed by atoms with Crippen LogP contribution < -0.4 is 4.90 Å². The summed E-state index contributed by atoms with van der Waals surface area (Å²) < 4.78 is 5.05. The fourth-order valence-electron chi connectivity index (χ4n) is 1.63. The molecule has 0 fully saturated rings. The molecule has 2 rings (SSSR count). The summed E-state index contributed by atoms with van der Waals surface area (Å²) in [7, 11) is 1.73. The average molecular weight is 265 g/mol. The van der Waals surface area contributed by atoms with Crippen molar-refractivity contribution in [3.63, 3.8) is 0 Å². The molecule has 18 heavy (non-hydrogen) atoms. The molecule has 0 aromatic carbocycles. The third-order valence-electron chi connectivity index (χ3n) is 2.78. The van der Waals surface area contributed by atoms with Crippen molar-refractivity contribution >= 4 is 22.4 Å². The van der Waals surface area contributed by atoms with E-state index in [1.165, 1.54) is 11.3 Å². The molecule has 5 nitrogen and oxygen atoms in total. The molecule has 6 heteroatoms. The third-order valence-corrected chi connectivity index (χ3v) is 3.81. The van der Waals surface area contributed by atoms with Crippen LogP contribution in [0.2, 0.25) is 0 Å². The fraction of sp³-hybridized carbons (Fsp3) is 0.417. The third kappa shape index (κ3) is 2.43. The Bertz CT molecular complexity index is 554. The van der Waals surface area contributed by atoms with Gasteiger partial charge in [0.05, 0.1) is 17.8 Å². The number of aryl methyl sites for hydroxylation is 3. The zero-order valence-corrected chi connectivity index (χ0v) is 11.7. The molecular formula is C12H15N3O2S.